The van der Waals surface area contributed by atoms with E-state index < -0.39 is 0 Å². The fourth-order valence-corrected chi connectivity index (χ4v) is 2.64. The Morgan fingerprint density at radius 3 is 2.79 bits per heavy atom. The topological polar surface area (TPSA) is 38.5 Å². The highest BCUT2D eigenvalue weighted by Gasteiger charge is 2.33. The molecule has 0 aromatic heterocycles. The summed E-state index contributed by atoms with van der Waals surface area (Å²) in [6.07, 6.45) is 5.04. The van der Waals surface area contributed by atoms with Crippen LogP contribution in [0.2, 0.25) is 0 Å². The molecular formula is C11H22N2O. The fraction of sp³-hybridized carbons (Fsp3) is 1.00. The van der Waals surface area contributed by atoms with Gasteiger partial charge in [0.25, 0.3) is 0 Å². The van der Waals surface area contributed by atoms with Gasteiger partial charge in [0.15, 0.2) is 0 Å². The molecular weight excluding hydrogens is 176 g/mol. The van der Waals surface area contributed by atoms with Gasteiger partial charge in [0.05, 0.1) is 13.2 Å². The van der Waals surface area contributed by atoms with Crippen LogP contribution >= 0.6 is 0 Å². The standard InChI is InChI=1S/C11H22N2O/c1-10-8-14-7-6-13(10)9-11(12)4-2-3-5-11/h10H,2-9,12H2,1H3. The van der Waals surface area contributed by atoms with E-state index in [4.69, 9.17) is 10.5 Å². The molecule has 1 saturated carbocycles. The van der Waals surface area contributed by atoms with E-state index >= 15 is 0 Å². The lowest BCUT2D eigenvalue weighted by Gasteiger charge is -2.38. The molecule has 2 aliphatic rings. The minimum absolute atomic E-state index is 0.103. The van der Waals surface area contributed by atoms with Crippen molar-refractivity contribution >= 4 is 0 Å². The van der Waals surface area contributed by atoms with Gasteiger partial charge in [-0.05, 0) is 19.8 Å². The van der Waals surface area contributed by atoms with Gasteiger partial charge in [-0.15, -0.1) is 0 Å². The van der Waals surface area contributed by atoms with Crippen LogP contribution in [0.25, 0.3) is 0 Å². The van der Waals surface area contributed by atoms with Crippen LogP contribution in [0.3, 0.4) is 0 Å². The third-order valence-electron chi connectivity index (χ3n) is 3.62. The second-order valence-corrected chi connectivity index (χ2v) is 4.96. The van der Waals surface area contributed by atoms with E-state index in [1.165, 1.54) is 25.7 Å². The van der Waals surface area contributed by atoms with Crippen molar-refractivity contribution in [1.29, 1.82) is 0 Å². The number of nitrogens with zero attached hydrogens (tertiary/aromatic N) is 1. The highest BCUT2D eigenvalue weighted by Crippen LogP contribution is 2.28. The summed E-state index contributed by atoms with van der Waals surface area (Å²) < 4.78 is 5.43. The monoisotopic (exact) mass is 198 g/mol. The van der Waals surface area contributed by atoms with Crippen LogP contribution in [0.1, 0.15) is 32.6 Å². The Morgan fingerprint density at radius 1 is 1.43 bits per heavy atom. The van der Waals surface area contributed by atoms with E-state index in [1.807, 2.05) is 0 Å². The summed E-state index contributed by atoms with van der Waals surface area (Å²) in [7, 11) is 0. The molecule has 14 heavy (non-hydrogen) atoms. The Morgan fingerprint density at radius 2 is 2.14 bits per heavy atom. The number of morpholine rings is 1. The highest BCUT2D eigenvalue weighted by atomic mass is 16.5. The van der Waals surface area contributed by atoms with Crippen LogP contribution < -0.4 is 5.73 Å². The highest BCUT2D eigenvalue weighted by molar-refractivity contribution is 4.93. The van der Waals surface area contributed by atoms with E-state index in [1.54, 1.807) is 0 Å². The first kappa shape index (κ1) is 10.4. The largest absolute Gasteiger partial charge is 0.379 e. The third kappa shape index (κ3) is 2.27. The number of nitrogens with two attached hydrogens (primary N) is 1. The second-order valence-electron chi connectivity index (χ2n) is 4.96. The van der Waals surface area contributed by atoms with Crippen LogP contribution in [0.4, 0.5) is 0 Å². The van der Waals surface area contributed by atoms with E-state index in [2.05, 4.69) is 11.8 Å². The van der Waals surface area contributed by atoms with Gasteiger partial charge in [0.2, 0.25) is 0 Å². The molecule has 2 fully saturated rings. The maximum atomic E-state index is 6.37. The van der Waals surface area contributed by atoms with Gasteiger partial charge in [-0.3, -0.25) is 4.90 Å². The predicted molar refractivity (Wildman–Crippen MR) is 57.2 cm³/mol. The average Bonchev–Trinajstić information content (AvgIpc) is 2.57. The summed E-state index contributed by atoms with van der Waals surface area (Å²) in [5.41, 5.74) is 6.47. The number of rotatable bonds is 2. The van der Waals surface area contributed by atoms with Crippen molar-refractivity contribution in [1.82, 2.24) is 4.90 Å². The quantitative estimate of drug-likeness (QED) is 0.719. The van der Waals surface area contributed by atoms with Gasteiger partial charge >= 0.3 is 0 Å². The van der Waals surface area contributed by atoms with Crippen molar-refractivity contribution in [3.63, 3.8) is 0 Å². The molecule has 3 heteroatoms. The van der Waals surface area contributed by atoms with Crippen LogP contribution in [0.15, 0.2) is 0 Å². The molecule has 0 radical (unpaired) electrons. The molecule has 0 bridgehead atoms. The lowest BCUT2D eigenvalue weighted by molar-refractivity contribution is -0.00965. The lowest BCUT2D eigenvalue weighted by Crippen LogP contribution is -2.54. The molecule has 1 aliphatic carbocycles. The van der Waals surface area contributed by atoms with E-state index in [0.717, 1.165) is 26.3 Å². The Hall–Kier alpha value is -0.120. The van der Waals surface area contributed by atoms with Gasteiger partial charge in [-0.1, -0.05) is 12.8 Å². The van der Waals surface area contributed by atoms with Gasteiger partial charge < -0.3 is 10.5 Å². The SMILES string of the molecule is CC1COCCN1CC1(N)CCCC1. The molecule has 0 aromatic carbocycles. The molecule has 1 aliphatic heterocycles. The Kier molecular flexibility index (Phi) is 3.10. The van der Waals surface area contributed by atoms with Crippen LogP contribution in [0, 0.1) is 0 Å². The number of ether oxygens (including phenoxy) is 1. The van der Waals surface area contributed by atoms with E-state index in [0.29, 0.717) is 6.04 Å². The van der Waals surface area contributed by atoms with Gasteiger partial charge in [-0.2, -0.15) is 0 Å². The van der Waals surface area contributed by atoms with E-state index in [-0.39, 0.29) is 5.54 Å². The van der Waals surface area contributed by atoms with Crippen molar-refractivity contribution in [3.8, 4) is 0 Å². The van der Waals surface area contributed by atoms with Crippen molar-refractivity contribution in [2.75, 3.05) is 26.3 Å². The molecule has 1 atom stereocenters. The lowest BCUT2D eigenvalue weighted by atomic mass is 9.97. The summed E-state index contributed by atoms with van der Waals surface area (Å²) in [5.74, 6) is 0. The Balaban J connectivity index is 1.88. The molecule has 0 aromatic rings. The Labute approximate surface area is 86.6 Å². The van der Waals surface area contributed by atoms with Crippen molar-refractivity contribution in [3.05, 3.63) is 0 Å². The first-order chi connectivity index (χ1) is 6.70. The normalized spacial score (nSPS) is 33.4. The first-order valence-electron chi connectivity index (χ1n) is 5.80. The predicted octanol–water partition coefficient (Wildman–Crippen LogP) is 0.979. The van der Waals surface area contributed by atoms with Gasteiger partial charge in [0.1, 0.15) is 0 Å². The molecule has 1 saturated heterocycles. The molecule has 82 valence electrons. The average molecular weight is 198 g/mol. The maximum Gasteiger partial charge on any atom is 0.0619 e. The van der Waals surface area contributed by atoms with E-state index in [9.17, 15) is 0 Å². The van der Waals surface area contributed by atoms with Crippen LogP contribution in [0.5, 0.6) is 0 Å². The zero-order valence-corrected chi connectivity index (χ0v) is 9.17. The summed E-state index contributed by atoms with van der Waals surface area (Å²) in [6.45, 7) is 6.10. The molecule has 3 nitrogen and oxygen atoms in total. The Bertz CT molecular complexity index is 190. The van der Waals surface area contributed by atoms with Crippen molar-refractivity contribution in [2.24, 2.45) is 5.73 Å². The molecule has 1 unspecified atom stereocenters. The number of hydrogen-bond donors (Lipinski definition) is 1. The fourth-order valence-electron chi connectivity index (χ4n) is 2.64. The van der Waals surface area contributed by atoms with Gasteiger partial charge in [0, 0.05) is 24.7 Å². The molecule has 2 N–H and O–H groups in total. The molecule has 2 rings (SSSR count). The second kappa shape index (κ2) is 4.17. The minimum atomic E-state index is 0.103. The molecule has 0 amide bonds. The van der Waals surface area contributed by atoms with Crippen molar-refractivity contribution in [2.45, 2.75) is 44.2 Å². The summed E-state index contributed by atoms with van der Waals surface area (Å²) >= 11 is 0. The van der Waals surface area contributed by atoms with Gasteiger partial charge in [-0.25, -0.2) is 0 Å². The summed E-state index contributed by atoms with van der Waals surface area (Å²) in [4.78, 5) is 2.49. The first-order valence-corrected chi connectivity index (χ1v) is 5.80. The van der Waals surface area contributed by atoms with Crippen molar-refractivity contribution < 1.29 is 4.74 Å². The zero-order valence-electron chi connectivity index (χ0n) is 9.17. The smallest absolute Gasteiger partial charge is 0.0619 e. The molecule has 1 heterocycles. The van der Waals surface area contributed by atoms with Crippen LogP contribution in [-0.2, 0) is 4.74 Å². The van der Waals surface area contributed by atoms with Crippen LogP contribution in [-0.4, -0.2) is 42.8 Å². The molecule has 0 spiro atoms. The minimum Gasteiger partial charge on any atom is -0.379 e. The maximum absolute atomic E-state index is 6.37. The third-order valence-corrected chi connectivity index (χ3v) is 3.62. The zero-order chi connectivity index (χ0) is 10.0. The summed E-state index contributed by atoms with van der Waals surface area (Å²) in [5, 5.41) is 0. The number of hydrogen-bond acceptors (Lipinski definition) is 3. The summed E-state index contributed by atoms with van der Waals surface area (Å²) in [6, 6.07) is 0.546.